The van der Waals surface area contributed by atoms with Gasteiger partial charge in [-0.1, -0.05) is 19.8 Å². The van der Waals surface area contributed by atoms with Gasteiger partial charge in [0.2, 0.25) is 5.91 Å². The van der Waals surface area contributed by atoms with E-state index in [2.05, 4.69) is 15.6 Å². The van der Waals surface area contributed by atoms with Crippen LogP contribution in [0, 0.1) is 6.92 Å². The molecule has 2 N–H and O–H groups in total. The number of aryl methyl sites for hydroxylation is 1. The van der Waals surface area contributed by atoms with Crippen LogP contribution in [-0.4, -0.2) is 50.3 Å². The van der Waals surface area contributed by atoms with Crippen molar-refractivity contribution in [2.24, 2.45) is 0 Å². The molecule has 0 saturated heterocycles. The molecular weight excluding hydrogens is 410 g/mol. The molecule has 1 aliphatic heterocycles. The maximum absolute atomic E-state index is 13.5. The molecule has 0 radical (unpaired) electrons. The summed E-state index contributed by atoms with van der Waals surface area (Å²) in [6.45, 7) is 6.47. The number of nitrogens with zero attached hydrogens (tertiary/aromatic N) is 3. The van der Waals surface area contributed by atoms with Crippen molar-refractivity contribution in [3.63, 3.8) is 0 Å². The predicted octanol–water partition coefficient (Wildman–Crippen LogP) is 2.40. The Morgan fingerprint density at radius 2 is 2.03 bits per heavy atom. The summed E-state index contributed by atoms with van der Waals surface area (Å²) in [6.07, 6.45) is 6.34. The molecule has 1 atom stereocenters. The molecule has 0 unspecified atom stereocenters. The number of nitrogens with one attached hydrogen (secondary N) is 2. The van der Waals surface area contributed by atoms with Gasteiger partial charge in [0.15, 0.2) is 5.69 Å². The lowest BCUT2D eigenvalue weighted by molar-refractivity contribution is -0.133. The van der Waals surface area contributed by atoms with Crippen molar-refractivity contribution in [3.05, 3.63) is 41.4 Å². The first kappa shape index (κ1) is 22.1. The van der Waals surface area contributed by atoms with E-state index < -0.39 is 11.4 Å². The second kappa shape index (κ2) is 8.80. The van der Waals surface area contributed by atoms with Crippen LogP contribution >= 0.6 is 0 Å². The summed E-state index contributed by atoms with van der Waals surface area (Å²) in [5.74, 6) is 0.438. The first-order valence-corrected chi connectivity index (χ1v) is 11.3. The summed E-state index contributed by atoms with van der Waals surface area (Å²) in [7, 11) is 0. The number of imidazole rings is 1. The van der Waals surface area contributed by atoms with E-state index in [4.69, 9.17) is 4.42 Å². The van der Waals surface area contributed by atoms with Crippen LogP contribution in [0.2, 0.25) is 0 Å². The fraction of sp³-hybridized carbons (Fsp3) is 0.565. The van der Waals surface area contributed by atoms with Crippen molar-refractivity contribution < 1.29 is 18.8 Å². The molecular formula is C23H31N5O4. The number of rotatable bonds is 7. The molecule has 2 aromatic heterocycles. The minimum atomic E-state index is -1.04. The average molecular weight is 442 g/mol. The summed E-state index contributed by atoms with van der Waals surface area (Å²) in [5, 5.41) is 5.91. The highest BCUT2D eigenvalue weighted by Crippen LogP contribution is 2.30. The smallest absolute Gasteiger partial charge is 0.273 e. The molecule has 9 heteroatoms. The predicted molar refractivity (Wildman–Crippen MR) is 117 cm³/mol. The molecule has 0 aromatic carbocycles. The van der Waals surface area contributed by atoms with Crippen molar-refractivity contribution in [3.8, 4) is 0 Å². The largest absolute Gasteiger partial charge is 0.465 e. The van der Waals surface area contributed by atoms with E-state index in [1.165, 1.54) is 6.33 Å². The summed E-state index contributed by atoms with van der Waals surface area (Å²) >= 11 is 0. The Labute approximate surface area is 187 Å². The van der Waals surface area contributed by atoms with Crippen LogP contribution in [0.4, 0.5) is 0 Å². The van der Waals surface area contributed by atoms with Gasteiger partial charge in [-0.3, -0.25) is 14.4 Å². The SMILES string of the molecule is CCCN1C(=O)c2c(C(=O)NCc3ccc(C)o3)ncn2C[C@]1(C)C(=O)NC1CCCC1. The minimum absolute atomic E-state index is 0.0673. The molecule has 3 heterocycles. The van der Waals surface area contributed by atoms with E-state index in [1.54, 1.807) is 22.5 Å². The monoisotopic (exact) mass is 441 g/mol. The van der Waals surface area contributed by atoms with Crippen molar-refractivity contribution in [2.75, 3.05) is 6.54 Å². The molecule has 9 nitrogen and oxygen atoms in total. The van der Waals surface area contributed by atoms with Gasteiger partial charge >= 0.3 is 0 Å². The third-order valence-corrected chi connectivity index (χ3v) is 6.42. The number of carbonyl (C=O) groups excluding carboxylic acids is 3. The zero-order valence-corrected chi connectivity index (χ0v) is 18.9. The number of amides is 3. The van der Waals surface area contributed by atoms with Gasteiger partial charge in [0.25, 0.3) is 11.8 Å². The Hall–Kier alpha value is -3.10. The van der Waals surface area contributed by atoms with Crippen molar-refractivity contribution in [1.82, 2.24) is 25.1 Å². The van der Waals surface area contributed by atoms with E-state index in [1.807, 2.05) is 19.9 Å². The fourth-order valence-corrected chi connectivity index (χ4v) is 4.67. The number of aromatic nitrogens is 2. The fourth-order valence-electron chi connectivity index (χ4n) is 4.67. The molecule has 0 bridgehead atoms. The van der Waals surface area contributed by atoms with E-state index in [-0.39, 0.29) is 42.3 Å². The lowest BCUT2D eigenvalue weighted by Gasteiger charge is -2.44. The lowest BCUT2D eigenvalue weighted by Crippen LogP contribution is -2.65. The molecule has 0 spiro atoms. The topological polar surface area (TPSA) is 109 Å². The van der Waals surface area contributed by atoms with Gasteiger partial charge in [0.1, 0.15) is 22.8 Å². The van der Waals surface area contributed by atoms with E-state index in [0.717, 1.165) is 31.4 Å². The van der Waals surface area contributed by atoms with Gasteiger partial charge < -0.3 is 24.5 Å². The number of hydrogen-bond acceptors (Lipinski definition) is 5. The van der Waals surface area contributed by atoms with Gasteiger partial charge in [0, 0.05) is 12.6 Å². The van der Waals surface area contributed by atoms with Crippen LogP contribution in [-0.2, 0) is 17.9 Å². The number of fused-ring (bicyclic) bond motifs is 1. The van der Waals surface area contributed by atoms with Gasteiger partial charge in [0.05, 0.1) is 19.4 Å². The zero-order chi connectivity index (χ0) is 22.9. The van der Waals surface area contributed by atoms with Crippen LogP contribution in [0.3, 0.4) is 0 Å². The van der Waals surface area contributed by atoms with Crippen LogP contribution in [0.15, 0.2) is 22.9 Å². The summed E-state index contributed by atoms with van der Waals surface area (Å²) < 4.78 is 7.12. The summed E-state index contributed by atoms with van der Waals surface area (Å²) in [6, 6.07) is 3.78. The average Bonchev–Trinajstić information content (AvgIpc) is 3.50. The van der Waals surface area contributed by atoms with Crippen LogP contribution in [0.1, 0.15) is 78.4 Å². The first-order chi connectivity index (χ1) is 15.3. The second-order valence-corrected chi connectivity index (χ2v) is 8.95. The Bertz CT molecular complexity index is 1020. The van der Waals surface area contributed by atoms with Gasteiger partial charge in [-0.05, 0) is 45.2 Å². The third-order valence-electron chi connectivity index (χ3n) is 6.42. The van der Waals surface area contributed by atoms with Crippen LogP contribution in [0.5, 0.6) is 0 Å². The Morgan fingerprint density at radius 1 is 1.28 bits per heavy atom. The van der Waals surface area contributed by atoms with Crippen LogP contribution in [0.25, 0.3) is 0 Å². The number of carbonyl (C=O) groups is 3. The Kier molecular flexibility index (Phi) is 6.08. The van der Waals surface area contributed by atoms with E-state index >= 15 is 0 Å². The molecule has 2 aromatic rings. The molecule has 1 aliphatic carbocycles. The summed E-state index contributed by atoms with van der Waals surface area (Å²) in [4.78, 5) is 45.4. The molecule has 32 heavy (non-hydrogen) atoms. The Balaban J connectivity index is 1.56. The first-order valence-electron chi connectivity index (χ1n) is 11.3. The highest BCUT2D eigenvalue weighted by atomic mass is 16.3. The molecule has 3 amide bonds. The second-order valence-electron chi connectivity index (χ2n) is 8.95. The Morgan fingerprint density at radius 3 is 2.69 bits per heavy atom. The third kappa shape index (κ3) is 4.03. The minimum Gasteiger partial charge on any atom is -0.465 e. The molecule has 1 fully saturated rings. The van der Waals surface area contributed by atoms with Crippen molar-refractivity contribution in [1.29, 1.82) is 0 Å². The highest BCUT2D eigenvalue weighted by molar-refractivity contribution is 6.07. The van der Waals surface area contributed by atoms with Crippen molar-refractivity contribution in [2.45, 2.75) is 77.5 Å². The lowest BCUT2D eigenvalue weighted by atomic mass is 9.93. The zero-order valence-electron chi connectivity index (χ0n) is 18.9. The highest BCUT2D eigenvalue weighted by Gasteiger charge is 2.48. The van der Waals surface area contributed by atoms with Gasteiger partial charge in [-0.2, -0.15) is 0 Å². The van der Waals surface area contributed by atoms with Gasteiger partial charge in [-0.15, -0.1) is 0 Å². The van der Waals surface area contributed by atoms with E-state index in [0.29, 0.717) is 18.7 Å². The maximum atomic E-state index is 13.5. The molecule has 172 valence electrons. The number of furan rings is 1. The molecule has 4 rings (SSSR count). The van der Waals surface area contributed by atoms with Crippen LogP contribution < -0.4 is 10.6 Å². The van der Waals surface area contributed by atoms with E-state index in [9.17, 15) is 14.4 Å². The molecule has 1 saturated carbocycles. The van der Waals surface area contributed by atoms with Gasteiger partial charge in [-0.25, -0.2) is 4.98 Å². The normalized spacial score (nSPS) is 21.0. The molecule has 2 aliphatic rings. The quantitative estimate of drug-likeness (QED) is 0.686. The summed E-state index contributed by atoms with van der Waals surface area (Å²) in [5.41, 5.74) is -0.752. The maximum Gasteiger partial charge on any atom is 0.273 e. The van der Waals surface area contributed by atoms with Crippen molar-refractivity contribution >= 4 is 17.7 Å². The standard InChI is InChI=1S/C23H31N5O4/c1-4-11-28-21(30)19-18(20(29)24-12-17-10-9-15(2)32-17)25-14-27(19)13-23(28,3)22(31)26-16-7-5-6-8-16/h9-10,14,16H,4-8,11-13H2,1-3H3,(H,24,29)(H,26,31)/t23-/m1/s1. The number of hydrogen-bond donors (Lipinski definition) is 2.